The minimum Gasteiger partial charge on any atom is -0.397 e. The summed E-state index contributed by atoms with van der Waals surface area (Å²) >= 11 is 0. The molecule has 0 radical (unpaired) electrons. The van der Waals surface area contributed by atoms with Gasteiger partial charge in [-0.3, -0.25) is 4.98 Å². The van der Waals surface area contributed by atoms with Gasteiger partial charge in [0.2, 0.25) is 0 Å². The predicted octanol–water partition coefficient (Wildman–Crippen LogP) is 2.00. The molecule has 0 aliphatic rings. The van der Waals surface area contributed by atoms with Crippen molar-refractivity contribution < 1.29 is 5.11 Å². The summed E-state index contributed by atoms with van der Waals surface area (Å²) in [5, 5.41) is 14.7. The Balaban J connectivity index is 2.26. The maximum atomic E-state index is 9.51. The van der Waals surface area contributed by atoms with Crippen LogP contribution in [0.25, 0.3) is 10.8 Å². The van der Waals surface area contributed by atoms with Crippen LogP contribution in [0.3, 0.4) is 0 Å². The van der Waals surface area contributed by atoms with Crippen LogP contribution in [0.15, 0.2) is 30.6 Å². The first-order valence-electron chi connectivity index (χ1n) is 5.76. The van der Waals surface area contributed by atoms with Crippen molar-refractivity contribution in [1.82, 2.24) is 4.98 Å². The lowest BCUT2D eigenvalue weighted by Gasteiger charge is -2.14. The molecule has 4 N–H and O–H groups in total. The number of aromatic nitrogens is 1. The van der Waals surface area contributed by atoms with Gasteiger partial charge in [0.1, 0.15) is 0 Å². The van der Waals surface area contributed by atoms with Gasteiger partial charge < -0.3 is 16.2 Å². The second-order valence-corrected chi connectivity index (χ2v) is 4.07. The molecular weight excluding hydrogens is 214 g/mol. The summed E-state index contributed by atoms with van der Waals surface area (Å²) in [6.07, 6.45) is 3.90. The van der Waals surface area contributed by atoms with E-state index in [1.807, 2.05) is 25.1 Å². The van der Waals surface area contributed by atoms with E-state index in [1.54, 1.807) is 12.4 Å². The fourth-order valence-corrected chi connectivity index (χ4v) is 1.72. The number of hydrogen-bond donors (Lipinski definition) is 3. The van der Waals surface area contributed by atoms with Crippen molar-refractivity contribution >= 4 is 22.1 Å². The normalized spacial score (nSPS) is 12.6. The van der Waals surface area contributed by atoms with E-state index in [4.69, 9.17) is 5.73 Å². The van der Waals surface area contributed by atoms with Crippen molar-refractivity contribution in [2.75, 3.05) is 17.6 Å². The second-order valence-electron chi connectivity index (χ2n) is 4.07. The Bertz CT molecular complexity index is 513. The molecule has 0 saturated carbocycles. The lowest BCUT2D eigenvalue weighted by molar-refractivity contribution is 0.183. The van der Waals surface area contributed by atoms with Crippen LogP contribution in [0.4, 0.5) is 11.4 Å². The summed E-state index contributed by atoms with van der Waals surface area (Å²) in [4.78, 5) is 4.06. The summed E-state index contributed by atoms with van der Waals surface area (Å²) in [6.45, 7) is 2.46. The third-order valence-corrected chi connectivity index (χ3v) is 2.86. The second kappa shape index (κ2) is 5.01. The molecule has 1 atom stereocenters. The quantitative estimate of drug-likeness (QED) is 0.704. The van der Waals surface area contributed by atoms with Gasteiger partial charge in [0.15, 0.2) is 0 Å². The van der Waals surface area contributed by atoms with Gasteiger partial charge in [0.25, 0.3) is 0 Å². The van der Waals surface area contributed by atoms with Gasteiger partial charge in [-0.1, -0.05) is 13.0 Å². The van der Waals surface area contributed by atoms with Crippen LogP contribution in [-0.4, -0.2) is 22.7 Å². The summed E-state index contributed by atoms with van der Waals surface area (Å²) in [6, 6.07) is 5.78. The van der Waals surface area contributed by atoms with Crippen LogP contribution >= 0.6 is 0 Å². The first kappa shape index (κ1) is 11.7. The van der Waals surface area contributed by atoms with Crippen LogP contribution in [0.2, 0.25) is 0 Å². The molecule has 0 aliphatic heterocycles. The molecule has 1 aromatic heterocycles. The van der Waals surface area contributed by atoms with Crippen LogP contribution in [0, 0.1) is 0 Å². The Morgan fingerprint density at radius 1 is 1.41 bits per heavy atom. The topological polar surface area (TPSA) is 71.2 Å². The molecule has 0 saturated heterocycles. The van der Waals surface area contributed by atoms with Gasteiger partial charge in [0.05, 0.1) is 17.5 Å². The summed E-state index contributed by atoms with van der Waals surface area (Å²) in [5.41, 5.74) is 7.63. The number of fused-ring (bicyclic) bond motifs is 1. The van der Waals surface area contributed by atoms with Crippen molar-refractivity contribution in [1.29, 1.82) is 0 Å². The zero-order valence-corrected chi connectivity index (χ0v) is 9.85. The smallest absolute Gasteiger partial charge is 0.0709 e. The number of nitrogens with zero attached hydrogens (tertiary/aromatic N) is 1. The standard InChI is InChI=1S/C13H17N3O/c1-2-10(17)8-16-12-4-3-9-7-15-6-5-11(9)13(12)14/h3-7,10,16-17H,2,8,14H2,1H3. The molecule has 2 aromatic rings. The van der Waals surface area contributed by atoms with Crippen molar-refractivity contribution in [2.45, 2.75) is 19.4 Å². The molecule has 0 bridgehead atoms. The van der Waals surface area contributed by atoms with E-state index in [0.29, 0.717) is 12.2 Å². The molecule has 0 amide bonds. The average Bonchev–Trinajstić information content (AvgIpc) is 2.38. The fraction of sp³-hybridized carbons (Fsp3) is 0.308. The van der Waals surface area contributed by atoms with Gasteiger partial charge in [-0.05, 0) is 18.6 Å². The Morgan fingerprint density at radius 2 is 2.24 bits per heavy atom. The van der Waals surface area contributed by atoms with Crippen LogP contribution in [-0.2, 0) is 0 Å². The van der Waals surface area contributed by atoms with Gasteiger partial charge >= 0.3 is 0 Å². The zero-order valence-electron chi connectivity index (χ0n) is 9.85. The number of rotatable bonds is 4. The number of aliphatic hydroxyl groups is 1. The number of nitrogen functional groups attached to an aromatic ring is 1. The monoisotopic (exact) mass is 231 g/mol. The SMILES string of the molecule is CCC(O)CNc1ccc2cnccc2c1N. The zero-order chi connectivity index (χ0) is 12.3. The molecule has 17 heavy (non-hydrogen) atoms. The minimum absolute atomic E-state index is 0.345. The van der Waals surface area contributed by atoms with Crippen LogP contribution < -0.4 is 11.1 Å². The molecule has 1 unspecified atom stereocenters. The average molecular weight is 231 g/mol. The number of aliphatic hydroxyl groups excluding tert-OH is 1. The van der Waals surface area contributed by atoms with E-state index in [9.17, 15) is 5.11 Å². The first-order chi connectivity index (χ1) is 8.22. The number of pyridine rings is 1. The van der Waals surface area contributed by atoms with E-state index >= 15 is 0 Å². The number of benzene rings is 1. The molecule has 4 heteroatoms. The summed E-state index contributed by atoms with van der Waals surface area (Å²) < 4.78 is 0. The van der Waals surface area contributed by atoms with Gasteiger partial charge in [-0.2, -0.15) is 0 Å². The Kier molecular flexibility index (Phi) is 3.44. The third-order valence-electron chi connectivity index (χ3n) is 2.86. The Labute approximate surface area is 100 Å². The largest absolute Gasteiger partial charge is 0.397 e. The number of hydrogen-bond acceptors (Lipinski definition) is 4. The Morgan fingerprint density at radius 3 is 3.00 bits per heavy atom. The van der Waals surface area contributed by atoms with Gasteiger partial charge in [-0.25, -0.2) is 0 Å². The molecule has 1 heterocycles. The lowest BCUT2D eigenvalue weighted by Crippen LogP contribution is -2.18. The van der Waals surface area contributed by atoms with Crippen LogP contribution in [0.1, 0.15) is 13.3 Å². The highest BCUT2D eigenvalue weighted by atomic mass is 16.3. The van der Waals surface area contributed by atoms with Crippen molar-refractivity contribution in [3.63, 3.8) is 0 Å². The van der Waals surface area contributed by atoms with E-state index in [0.717, 1.165) is 22.9 Å². The summed E-state index contributed by atoms with van der Waals surface area (Å²) in [7, 11) is 0. The minimum atomic E-state index is -0.345. The molecule has 1 aromatic carbocycles. The highest BCUT2D eigenvalue weighted by Gasteiger charge is 2.05. The van der Waals surface area contributed by atoms with Crippen molar-refractivity contribution in [2.24, 2.45) is 0 Å². The van der Waals surface area contributed by atoms with Crippen molar-refractivity contribution in [3.05, 3.63) is 30.6 Å². The Hall–Kier alpha value is -1.81. The molecule has 4 nitrogen and oxygen atoms in total. The number of nitrogens with one attached hydrogen (secondary N) is 1. The fourth-order valence-electron chi connectivity index (χ4n) is 1.72. The number of nitrogens with two attached hydrogens (primary N) is 1. The van der Waals surface area contributed by atoms with Gasteiger partial charge in [-0.15, -0.1) is 0 Å². The highest BCUT2D eigenvalue weighted by Crippen LogP contribution is 2.27. The maximum Gasteiger partial charge on any atom is 0.0709 e. The van der Waals surface area contributed by atoms with E-state index < -0.39 is 0 Å². The molecule has 0 aliphatic carbocycles. The van der Waals surface area contributed by atoms with E-state index in [1.165, 1.54) is 0 Å². The molecule has 0 fully saturated rings. The molecule has 90 valence electrons. The highest BCUT2D eigenvalue weighted by molar-refractivity contribution is 5.98. The van der Waals surface area contributed by atoms with E-state index in [-0.39, 0.29) is 6.10 Å². The number of anilines is 2. The third kappa shape index (κ3) is 2.47. The van der Waals surface area contributed by atoms with E-state index in [2.05, 4.69) is 10.3 Å². The molecule has 0 spiro atoms. The maximum absolute atomic E-state index is 9.51. The first-order valence-corrected chi connectivity index (χ1v) is 5.76. The lowest BCUT2D eigenvalue weighted by atomic mass is 10.1. The molecular formula is C13H17N3O. The summed E-state index contributed by atoms with van der Waals surface area (Å²) in [5.74, 6) is 0. The molecule has 2 rings (SSSR count). The van der Waals surface area contributed by atoms with Crippen molar-refractivity contribution in [3.8, 4) is 0 Å². The van der Waals surface area contributed by atoms with Gasteiger partial charge in [0, 0.05) is 29.7 Å². The van der Waals surface area contributed by atoms with Crippen LogP contribution in [0.5, 0.6) is 0 Å². The predicted molar refractivity (Wildman–Crippen MR) is 70.9 cm³/mol.